The average molecular weight is 401 g/mol. The Hall–Kier alpha value is -0.140. The average Bonchev–Trinajstić information content (AvgIpc) is 2.81. The van der Waals surface area contributed by atoms with Crippen LogP contribution in [0.2, 0.25) is 0 Å². The maximum Gasteiger partial charge on any atom is 0.0195 e. The predicted molar refractivity (Wildman–Crippen MR) is 69.9 cm³/mol. The van der Waals surface area contributed by atoms with Crippen LogP contribution in [0, 0.1) is 13.8 Å². The van der Waals surface area contributed by atoms with E-state index < -0.39 is 0 Å². The Morgan fingerprint density at radius 2 is 1.00 bits per heavy atom. The Morgan fingerprint density at radius 1 is 0.812 bits per heavy atom. The molecule has 0 saturated carbocycles. The van der Waals surface area contributed by atoms with Gasteiger partial charge in [-0.25, -0.2) is 24.3 Å². The molecule has 2 rings (SSSR count). The molecule has 0 N–H and O–H groups in total. The fraction of sp³-hybridized carbons (Fsp3) is 0.286. The van der Waals surface area contributed by atoms with Gasteiger partial charge in [-0.05, 0) is 0 Å². The third-order valence-electron chi connectivity index (χ3n) is 1.66. The molecule has 88 valence electrons. The van der Waals surface area contributed by atoms with Crippen molar-refractivity contribution >= 4 is 11.6 Å². The second-order valence-electron chi connectivity index (χ2n) is 3.19. The van der Waals surface area contributed by atoms with Crippen LogP contribution in [0.1, 0.15) is 18.1 Å². The van der Waals surface area contributed by atoms with E-state index in [0.29, 0.717) is 0 Å². The molecule has 0 atom stereocenters. The summed E-state index contributed by atoms with van der Waals surface area (Å²) < 4.78 is 0. The number of halogens is 1. The van der Waals surface area contributed by atoms with Crippen LogP contribution in [-0.4, -0.2) is 5.88 Å². The molecular formula is C14H19ClHf-2. The number of hydrogen-bond acceptors (Lipinski definition) is 0. The summed E-state index contributed by atoms with van der Waals surface area (Å²) >= 11 is 5.00. The van der Waals surface area contributed by atoms with E-state index in [1.165, 1.54) is 11.1 Å². The molecule has 2 heteroatoms. The van der Waals surface area contributed by atoms with Crippen LogP contribution in [0.5, 0.6) is 0 Å². The Kier molecular flexibility index (Phi) is 14.7. The minimum absolute atomic E-state index is 0. The summed E-state index contributed by atoms with van der Waals surface area (Å²) in [5.41, 5.74) is 2.69. The third-order valence-corrected chi connectivity index (χ3v) is 1.66. The first-order valence-electron chi connectivity index (χ1n) is 5.13. The smallest absolute Gasteiger partial charge is 0.0195 e. The Labute approximate surface area is 123 Å². The van der Waals surface area contributed by atoms with Crippen molar-refractivity contribution in [3.05, 3.63) is 59.7 Å². The van der Waals surface area contributed by atoms with E-state index in [2.05, 4.69) is 38.1 Å². The minimum Gasteiger partial charge on any atom is -0.213 e. The van der Waals surface area contributed by atoms with Crippen molar-refractivity contribution in [3.63, 3.8) is 0 Å². The van der Waals surface area contributed by atoms with Crippen LogP contribution in [0.15, 0.2) is 48.5 Å². The zero-order chi connectivity index (χ0) is 11.5. The Balaban J connectivity index is 0. The number of alkyl halides is 1. The first-order chi connectivity index (χ1) is 7.20. The molecule has 0 amide bonds. The number of rotatable bonds is 0. The maximum absolute atomic E-state index is 5.00. The van der Waals surface area contributed by atoms with Crippen molar-refractivity contribution in [1.29, 1.82) is 0 Å². The molecule has 0 aliphatic rings. The van der Waals surface area contributed by atoms with Gasteiger partial charge in [-0.1, -0.05) is 20.8 Å². The monoisotopic (exact) mass is 402 g/mol. The minimum atomic E-state index is 0. The molecular weight excluding hydrogens is 382 g/mol. The van der Waals surface area contributed by atoms with E-state index in [9.17, 15) is 0 Å². The van der Waals surface area contributed by atoms with Gasteiger partial charge in [0.2, 0.25) is 0 Å². The summed E-state index contributed by atoms with van der Waals surface area (Å²) in [5, 5.41) is 0. The van der Waals surface area contributed by atoms with Crippen LogP contribution in [0.25, 0.3) is 0 Å². The molecule has 16 heavy (non-hydrogen) atoms. The summed E-state index contributed by atoms with van der Waals surface area (Å²) in [7, 11) is 0. The molecule has 0 aliphatic carbocycles. The quantitative estimate of drug-likeness (QED) is 0.342. The molecule has 2 aromatic carbocycles. The second-order valence-corrected chi connectivity index (χ2v) is 3.73. The molecule has 0 nitrogen and oxygen atoms in total. The van der Waals surface area contributed by atoms with Crippen LogP contribution in [0.4, 0.5) is 0 Å². The van der Waals surface area contributed by atoms with Gasteiger partial charge in [0.15, 0.2) is 0 Å². The molecule has 0 fully saturated rings. The van der Waals surface area contributed by atoms with E-state index in [1.807, 2.05) is 31.2 Å². The van der Waals surface area contributed by atoms with E-state index in [4.69, 9.17) is 11.6 Å². The van der Waals surface area contributed by atoms with Gasteiger partial charge in [-0.15, -0.1) is 11.6 Å². The van der Waals surface area contributed by atoms with Gasteiger partial charge in [-0.3, -0.25) is 0 Å². The van der Waals surface area contributed by atoms with E-state index in [-0.39, 0.29) is 25.8 Å². The summed E-state index contributed by atoms with van der Waals surface area (Å²) in [6.45, 7) is 6.06. The number of hydrogen-bond donors (Lipinski definition) is 0. The van der Waals surface area contributed by atoms with Gasteiger partial charge in [0.1, 0.15) is 0 Å². The molecule has 0 unspecified atom stereocenters. The SMILES string of the molecule is CCCl.C[c-]1cccc1.C[c-]1cccc1.[Hf]. The van der Waals surface area contributed by atoms with Crippen LogP contribution in [0.3, 0.4) is 0 Å². The zero-order valence-electron chi connectivity index (χ0n) is 10.2. The summed E-state index contributed by atoms with van der Waals surface area (Å²) in [6, 6.07) is 16.5. The van der Waals surface area contributed by atoms with Crippen molar-refractivity contribution in [3.8, 4) is 0 Å². The van der Waals surface area contributed by atoms with Crippen LogP contribution < -0.4 is 0 Å². The molecule has 0 radical (unpaired) electrons. The van der Waals surface area contributed by atoms with Crippen molar-refractivity contribution < 1.29 is 25.8 Å². The van der Waals surface area contributed by atoms with Crippen molar-refractivity contribution in [2.45, 2.75) is 20.8 Å². The van der Waals surface area contributed by atoms with Crippen molar-refractivity contribution in [2.75, 3.05) is 5.88 Å². The van der Waals surface area contributed by atoms with Gasteiger partial charge >= 0.3 is 0 Å². The molecule has 0 aliphatic heterocycles. The molecule has 0 heterocycles. The fourth-order valence-electron chi connectivity index (χ4n) is 0.940. The van der Waals surface area contributed by atoms with E-state index in [1.54, 1.807) is 0 Å². The molecule has 0 spiro atoms. The molecule has 0 bridgehead atoms. The standard InChI is InChI=1S/2C6H7.C2H5Cl.Hf/c2*1-6-4-2-3-5-6;1-2-3;/h2*2-5H,1H3;2H2,1H3;/q2*-1;;. The maximum atomic E-state index is 5.00. The van der Waals surface area contributed by atoms with Crippen LogP contribution in [-0.2, 0) is 25.8 Å². The fourth-order valence-corrected chi connectivity index (χ4v) is 0.940. The second kappa shape index (κ2) is 12.9. The van der Waals surface area contributed by atoms with Gasteiger partial charge < -0.3 is 0 Å². The third kappa shape index (κ3) is 11.9. The largest absolute Gasteiger partial charge is 0.213 e. The van der Waals surface area contributed by atoms with Gasteiger partial charge in [0, 0.05) is 31.7 Å². The van der Waals surface area contributed by atoms with Crippen LogP contribution >= 0.6 is 11.6 Å². The van der Waals surface area contributed by atoms with Crippen molar-refractivity contribution in [1.82, 2.24) is 0 Å². The molecule has 0 aromatic heterocycles. The van der Waals surface area contributed by atoms with Gasteiger partial charge in [0.25, 0.3) is 0 Å². The topological polar surface area (TPSA) is 0 Å². The first-order valence-corrected chi connectivity index (χ1v) is 5.66. The Morgan fingerprint density at radius 3 is 1.06 bits per heavy atom. The predicted octanol–water partition coefficient (Wildman–Crippen LogP) is 4.67. The molecule has 0 saturated heterocycles. The summed E-state index contributed by atoms with van der Waals surface area (Å²) in [4.78, 5) is 0. The zero-order valence-corrected chi connectivity index (χ0v) is 14.6. The van der Waals surface area contributed by atoms with E-state index >= 15 is 0 Å². The number of aryl methyl sites for hydroxylation is 2. The first kappa shape index (κ1) is 18.2. The van der Waals surface area contributed by atoms with Gasteiger partial charge in [0.05, 0.1) is 0 Å². The normalized spacial score (nSPS) is 7.75. The van der Waals surface area contributed by atoms with Crippen molar-refractivity contribution in [2.24, 2.45) is 0 Å². The van der Waals surface area contributed by atoms with Gasteiger partial charge in [-0.2, -0.15) is 35.4 Å². The Bertz CT molecular complexity index is 263. The summed E-state index contributed by atoms with van der Waals surface area (Å²) in [6.07, 6.45) is 0. The van der Waals surface area contributed by atoms with E-state index in [0.717, 1.165) is 5.88 Å². The summed E-state index contributed by atoms with van der Waals surface area (Å²) in [5.74, 6) is 0.722. The molecule has 2 aromatic rings.